The van der Waals surface area contributed by atoms with Gasteiger partial charge in [0.05, 0.1) is 25.7 Å². The maximum atomic E-state index is 10.0. The molecule has 0 aliphatic carbocycles. The minimum Gasteiger partial charge on any atom is -0.499 e. The largest absolute Gasteiger partial charge is 0.499 e. The van der Waals surface area contributed by atoms with Crippen molar-refractivity contribution in [3.63, 3.8) is 0 Å². The lowest BCUT2D eigenvalue weighted by Gasteiger charge is -2.36. The van der Waals surface area contributed by atoms with Crippen molar-refractivity contribution in [2.75, 3.05) is 26.4 Å². The highest BCUT2D eigenvalue weighted by molar-refractivity contribution is 6.74. The Hall–Kier alpha value is -0.863. The zero-order valence-electron chi connectivity index (χ0n) is 35.2. The van der Waals surface area contributed by atoms with Gasteiger partial charge >= 0.3 is 0 Å². The van der Waals surface area contributed by atoms with Gasteiger partial charge in [-0.05, 0) is 56.0 Å². The first-order valence-electron chi connectivity index (χ1n) is 21.7. The van der Waals surface area contributed by atoms with E-state index in [2.05, 4.69) is 53.8 Å². The molecule has 0 aromatic rings. The lowest BCUT2D eigenvalue weighted by atomic mass is 10.0. The summed E-state index contributed by atoms with van der Waals surface area (Å²) in [7, 11) is -1.79. The van der Waals surface area contributed by atoms with E-state index in [4.69, 9.17) is 24.1 Å². The number of hydrogen-bond donors (Lipinski definition) is 3. The van der Waals surface area contributed by atoms with Gasteiger partial charge < -0.3 is 29.2 Å². The summed E-state index contributed by atoms with van der Waals surface area (Å²) in [4.78, 5) is 0. The predicted octanol–water partition coefficient (Wildman–Crippen LogP) is 13.0. The highest BCUT2D eigenvalue weighted by atomic mass is 28.4. The summed E-state index contributed by atoms with van der Waals surface area (Å²) in [6.07, 6.45) is 41.3. The van der Waals surface area contributed by atoms with Crippen LogP contribution in [-0.2, 0) is 13.9 Å². The Balaban J connectivity index is 0. The standard InChI is InChI=1S/C25H52O3Si.C19H38O3/c1-7-8-9-10-11-12-13-14-15-16-17-18-19-20-21-27-22-24(26)23-28-29(5,6)25(2,3)4;1-2-3-4-5-6-7-8-9-10-11-12-13-14-15-16-22-18-19(21)17-20/h20-21,24,26H,7-19,22-23H2,1-6H3;15-16,19-21H,2-14,17-18H2,1H3/b21-20-;16-15-. The molecule has 0 rings (SSSR count). The third-order valence-corrected chi connectivity index (χ3v) is 14.6. The molecule has 3 N–H and O–H groups in total. The highest BCUT2D eigenvalue weighted by Gasteiger charge is 2.37. The van der Waals surface area contributed by atoms with E-state index in [1.165, 1.54) is 154 Å². The molecular formula is C44H90O6Si. The molecule has 0 aromatic heterocycles. The van der Waals surface area contributed by atoms with Crippen molar-refractivity contribution < 1.29 is 29.2 Å². The van der Waals surface area contributed by atoms with E-state index < -0.39 is 20.5 Å². The van der Waals surface area contributed by atoms with E-state index in [-0.39, 0.29) is 18.3 Å². The van der Waals surface area contributed by atoms with Crippen LogP contribution in [0.15, 0.2) is 24.7 Å². The first-order valence-corrected chi connectivity index (χ1v) is 24.6. The maximum Gasteiger partial charge on any atom is 0.192 e. The summed E-state index contributed by atoms with van der Waals surface area (Å²) >= 11 is 0. The fourth-order valence-corrected chi connectivity index (χ4v) is 6.48. The second-order valence-electron chi connectivity index (χ2n) is 16.3. The lowest BCUT2D eigenvalue weighted by Crippen LogP contribution is -2.43. The van der Waals surface area contributed by atoms with Gasteiger partial charge in [-0.25, -0.2) is 0 Å². The van der Waals surface area contributed by atoms with Gasteiger partial charge in [0.1, 0.15) is 25.4 Å². The molecule has 2 atom stereocenters. The molecule has 0 saturated heterocycles. The van der Waals surface area contributed by atoms with Gasteiger partial charge in [0.15, 0.2) is 8.32 Å². The van der Waals surface area contributed by atoms with Crippen LogP contribution in [0.3, 0.4) is 0 Å². The Bertz CT molecular complexity index is 736. The lowest BCUT2D eigenvalue weighted by molar-refractivity contribution is 0.0383. The van der Waals surface area contributed by atoms with Crippen molar-refractivity contribution in [2.45, 2.75) is 232 Å². The summed E-state index contributed by atoms with van der Waals surface area (Å²) in [6.45, 7) is 16.2. The van der Waals surface area contributed by atoms with E-state index in [9.17, 15) is 5.11 Å². The molecule has 51 heavy (non-hydrogen) atoms. The SMILES string of the molecule is CCCCCCCCCCCCCC/C=C\OCC(O)CO.CCCCCCCCCCCCCC/C=C\OCC(O)CO[Si](C)(C)C(C)(C)C. The van der Waals surface area contributed by atoms with Crippen LogP contribution in [0.5, 0.6) is 0 Å². The zero-order valence-corrected chi connectivity index (χ0v) is 36.2. The second kappa shape index (κ2) is 38.8. The normalized spacial score (nSPS) is 13.5. The van der Waals surface area contributed by atoms with Crippen LogP contribution in [0.4, 0.5) is 0 Å². The van der Waals surface area contributed by atoms with Gasteiger partial charge in [0.2, 0.25) is 0 Å². The molecular weight excluding hydrogens is 653 g/mol. The van der Waals surface area contributed by atoms with E-state index in [0.29, 0.717) is 13.2 Å². The minimum atomic E-state index is -1.79. The van der Waals surface area contributed by atoms with Crippen molar-refractivity contribution in [1.29, 1.82) is 0 Å². The smallest absolute Gasteiger partial charge is 0.192 e. The second-order valence-corrected chi connectivity index (χ2v) is 21.1. The number of aliphatic hydroxyl groups excluding tert-OH is 3. The van der Waals surface area contributed by atoms with Crippen LogP contribution in [0.1, 0.15) is 202 Å². The van der Waals surface area contributed by atoms with Crippen LogP contribution in [0.25, 0.3) is 0 Å². The van der Waals surface area contributed by atoms with E-state index in [1.807, 2.05) is 6.08 Å². The number of rotatable bonds is 36. The van der Waals surface area contributed by atoms with Crippen LogP contribution >= 0.6 is 0 Å². The van der Waals surface area contributed by atoms with E-state index in [1.54, 1.807) is 12.5 Å². The quantitative estimate of drug-likeness (QED) is 0.0336. The van der Waals surface area contributed by atoms with E-state index in [0.717, 1.165) is 12.8 Å². The molecule has 0 aliphatic rings. The monoisotopic (exact) mass is 743 g/mol. The maximum absolute atomic E-state index is 10.0. The summed E-state index contributed by atoms with van der Waals surface area (Å²) in [6, 6.07) is 0. The number of ether oxygens (including phenoxy) is 2. The molecule has 0 fully saturated rings. The molecule has 0 spiro atoms. The third kappa shape index (κ3) is 40.2. The predicted molar refractivity (Wildman–Crippen MR) is 224 cm³/mol. The van der Waals surface area contributed by atoms with Crippen molar-refractivity contribution in [3.05, 3.63) is 24.7 Å². The third-order valence-electron chi connectivity index (χ3n) is 10.1. The summed E-state index contributed by atoms with van der Waals surface area (Å²) in [5, 5.41) is 27.9. The van der Waals surface area contributed by atoms with Crippen LogP contribution in [0, 0.1) is 0 Å². The molecule has 7 heteroatoms. The highest BCUT2D eigenvalue weighted by Crippen LogP contribution is 2.36. The first kappa shape index (κ1) is 52.2. The molecule has 0 amide bonds. The molecule has 306 valence electrons. The van der Waals surface area contributed by atoms with Crippen molar-refractivity contribution in [2.24, 2.45) is 0 Å². The van der Waals surface area contributed by atoms with Gasteiger partial charge in [0.25, 0.3) is 0 Å². The fraction of sp³-hybridized carbons (Fsp3) is 0.909. The Morgan fingerprint density at radius 3 is 1.12 bits per heavy atom. The average molecular weight is 743 g/mol. The Kier molecular flexibility index (Phi) is 39.8. The summed E-state index contributed by atoms with van der Waals surface area (Å²) in [5.41, 5.74) is 0. The Morgan fingerprint density at radius 1 is 0.490 bits per heavy atom. The number of aliphatic hydroxyl groups is 3. The van der Waals surface area contributed by atoms with Gasteiger partial charge in [-0.3, -0.25) is 0 Å². The van der Waals surface area contributed by atoms with Gasteiger partial charge in [-0.2, -0.15) is 0 Å². The number of unbranched alkanes of at least 4 members (excludes halogenated alkanes) is 24. The van der Waals surface area contributed by atoms with Gasteiger partial charge in [-0.1, -0.05) is 176 Å². The number of hydrogen-bond acceptors (Lipinski definition) is 6. The molecule has 0 bridgehead atoms. The molecule has 0 radical (unpaired) electrons. The van der Waals surface area contributed by atoms with Crippen molar-refractivity contribution in [1.82, 2.24) is 0 Å². The Labute approximate surface area is 319 Å². The van der Waals surface area contributed by atoms with Crippen LogP contribution in [0.2, 0.25) is 18.1 Å². The van der Waals surface area contributed by atoms with E-state index >= 15 is 0 Å². The van der Waals surface area contributed by atoms with Gasteiger partial charge in [0, 0.05) is 0 Å². The summed E-state index contributed by atoms with van der Waals surface area (Å²) < 4.78 is 16.6. The number of allylic oxidation sites excluding steroid dienone is 2. The van der Waals surface area contributed by atoms with Crippen molar-refractivity contribution in [3.8, 4) is 0 Å². The molecule has 0 saturated carbocycles. The first-order chi connectivity index (χ1) is 24.5. The molecule has 0 heterocycles. The molecule has 0 aliphatic heterocycles. The van der Waals surface area contributed by atoms with Crippen LogP contribution < -0.4 is 0 Å². The van der Waals surface area contributed by atoms with Crippen LogP contribution in [-0.4, -0.2) is 62.3 Å². The average Bonchev–Trinajstić information content (AvgIpc) is 3.10. The summed E-state index contributed by atoms with van der Waals surface area (Å²) in [5.74, 6) is 0. The topological polar surface area (TPSA) is 88.4 Å². The molecule has 6 nitrogen and oxygen atoms in total. The van der Waals surface area contributed by atoms with Crippen molar-refractivity contribution >= 4 is 8.32 Å². The molecule has 2 unspecified atom stereocenters. The minimum absolute atomic E-state index is 0.168. The molecule has 0 aromatic carbocycles. The Morgan fingerprint density at radius 2 is 0.804 bits per heavy atom. The van der Waals surface area contributed by atoms with Gasteiger partial charge in [-0.15, -0.1) is 0 Å². The fourth-order valence-electron chi connectivity index (χ4n) is 5.43. The zero-order chi connectivity index (χ0) is 38.3.